The summed E-state index contributed by atoms with van der Waals surface area (Å²) in [5, 5.41) is 12.4. The van der Waals surface area contributed by atoms with Crippen LogP contribution in [0.25, 0.3) is 0 Å². The number of carbonyl (C=O) groups is 1. The van der Waals surface area contributed by atoms with Crippen molar-refractivity contribution in [1.82, 2.24) is 0 Å². The summed E-state index contributed by atoms with van der Waals surface area (Å²) in [6.45, 7) is 9.71. The van der Waals surface area contributed by atoms with Crippen LogP contribution in [0.1, 0.15) is 27.2 Å². The maximum absolute atomic E-state index is 11.3. The van der Waals surface area contributed by atoms with Crippen LogP contribution >= 0.6 is 0 Å². The molecule has 0 aliphatic carbocycles. The first-order valence-electron chi connectivity index (χ1n) is 6.03. The van der Waals surface area contributed by atoms with Gasteiger partial charge in [0.2, 0.25) is 0 Å². The highest BCUT2D eigenvalue weighted by molar-refractivity contribution is 5.71. The van der Waals surface area contributed by atoms with Gasteiger partial charge in [0.05, 0.1) is 5.92 Å². The fourth-order valence-corrected chi connectivity index (χ4v) is 1.79. The molecule has 0 fully saturated rings. The van der Waals surface area contributed by atoms with Gasteiger partial charge in [-0.2, -0.15) is 0 Å². The fraction of sp³-hybridized carbons (Fsp3) is 0.400. The lowest BCUT2D eigenvalue weighted by Crippen LogP contribution is -2.29. The maximum atomic E-state index is 11.3. The Kier molecular flexibility index (Phi) is 4.54. The molecule has 18 heavy (non-hydrogen) atoms. The summed E-state index contributed by atoms with van der Waals surface area (Å²) in [7, 11) is 0. The minimum absolute atomic E-state index is 0.285. The first-order chi connectivity index (χ1) is 8.30. The zero-order valence-corrected chi connectivity index (χ0v) is 11.2. The van der Waals surface area contributed by atoms with Gasteiger partial charge in [0.15, 0.2) is 0 Å². The van der Waals surface area contributed by atoms with Crippen LogP contribution in [0, 0.1) is 11.3 Å². The Morgan fingerprint density at radius 2 is 1.89 bits per heavy atom. The van der Waals surface area contributed by atoms with Gasteiger partial charge in [0.1, 0.15) is 0 Å². The van der Waals surface area contributed by atoms with Crippen LogP contribution in [0.3, 0.4) is 0 Å². The molecule has 0 aliphatic rings. The van der Waals surface area contributed by atoms with E-state index in [2.05, 4.69) is 11.9 Å². The van der Waals surface area contributed by atoms with E-state index in [1.54, 1.807) is 0 Å². The van der Waals surface area contributed by atoms with Crippen molar-refractivity contribution in [2.45, 2.75) is 27.2 Å². The molecule has 0 spiro atoms. The number of benzene rings is 1. The van der Waals surface area contributed by atoms with E-state index in [0.717, 1.165) is 11.4 Å². The Bertz CT molecular complexity index is 418. The average Bonchev–Trinajstić information content (AvgIpc) is 2.25. The molecule has 2 N–H and O–H groups in total. The van der Waals surface area contributed by atoms with Crippen LogP contribution in [0.4, 0.5) is 5.69 Å². The zero-order chi connectivity index (χ0) is 13.8. The van der Waals surface area contributed by atoms with Crippen LogP contribution in [0.5, 0.6) is 0 Å². The Balaban J connectivity index is 2.66. The van der Waals surface area contributed by atoms with E-state index in [-0.39, 0.29) is 5.41 Å². The summed E-state index contributed by atoms with van der Waals surface area (Å²) >= 11 is 0. The third-order valence-corrected chi connectivity index (χ3v) is 2.89. The van der Waals surface area contributed by atoms with E-state index in [1.807, 2.05) is 51.1 Å². The van der Waals surface area contributed by atoms with Crippen molar-refractivity contribution in [3.05, 3.63) is 42.6 Å². The van der Waals surface area contributed by atoms with Crippen molar-refractivity contribution in [1.29, 1.82) is 0 Å². The highest BCUT2D eigenvalue weighted by atomic mass is 16.4. The summed E-state index contributed by atoms with van der Waals surface area (Å²) in [6.07, 6.45) is 0.424. The van der Waals surface area contributed by atoms with Crippen molar-refractivity contribution in [3.63, 3.8) is 0 Å². The maximum Gasteiger partial charge on any atom is 0.307 e. The van der Waals surface area contributed by atoms with Gasteiger partial charge in [-0.05, 0) is 17.5 Å². The lowest BCUT2D eigenvalue weighted by atomic mass is 9.78. The topological polar surface area (TPSA) is 49.3 Å². The second-order valence-corrected chi connectivity index (χ2v) is 5.56. The third-order valence-electron chi connectivity index (χ3n) is 2.89. The van der Waals surface area contributed by atoms with Gasteiger partial charge >= 0.3 is 5.97 Å². The lowest BCUT2D eigenvalue weighted by molar-refractivity contribution is -0.145. The number of carboxylic acids is 1. The predicted molar refractivity (Wildman–Crippen MR) is 74.4 cm³/mol. The molecule has 0 radical (unpaired) electrons. The van der Waals surface area contributed by atoms with Crippen molar-refractivity contribution in [3.8, 4) is 0 Å². The molecule has 3 heteroatoms. The van der Waals surface area contributed by atoms with Crippen molar-refractivity contribution >= 4 is 11.7 Å². The van der Waals surface area contributed by atoms with Crippen molar-refractivity contribution in [2.75, 3.05) is 5.32 Å². The summed E-state index contributed by atoms with van der Waals surface area (Å²) in [5.41, 5.74) is 1.37. The van der Waals surface area contributed by atoms with Crippen LogP contribution in [-0.2, 0) is 4.79 Å². The quantitative estimate of drug-likeness (QED) is 0.833. The Hall–Kier alpha value is -1.77. The van der Waals surface area contributed by atoms with Crippen LogP contribution in [-0.4, -0.2) is 11.1 Å². The zero-order valence-electron chi connectivity index (χ0n) is 11.2. The van der Waals surface area contributed by atoms with Gasteiger partial charge in [-0.3, -0.25) is 4.79 Å². The predicted octanol–water partition coefficient (Wildman–Crippen LogP) is 3.75. The number of hydrogen-bond acceptors (Lipinski definition) is 2. The molecule has 0 unspecified atom stereocenters. The first kappa shape index (κ1) is 14.3. The van der Waals surface area contributed by atoms with Crippen LogP contribution < -0.4 is 5.32 Å². The lowest BCUT2D eigenvalue weighted by Gasteiger charge is -2.27. The summed E-state index contributed by atoms with van der Waals surface area (Å²) in [6, 6.07) is 9.64. The van der Waals surface area contributed by atoms with E-state index in [0.29, 0.717) is 6.42 Å². The number of carboxylic acid groups (broad SMARTS) is 1. The molecule has 0 bridgehead atoms. The molecule has 0 aromatic heterocycles. The highest BCUT2D eigenvalue weighted by Gasteiger charge is 2.31. The van der Waals surface area contributed by atoms with Gasteiger partial charge in [0.25, 0.3) is 0 Å². The number of allylic oxidation sites excluding steroid dienone is 1. The van der Waals surface area contributed by atoms with Gasteiger partial charge in [-0.1, -0.05) is 45.5 Å². The minimum atomic E-state index is -0.779. The van der Waals surface area contributed by atoms with Crippen molar-refractivity contribution < 1.29 is 9.90 Å². The molecule has 3 nitrogen and oxygen atoms in total. The Morgan fingerprint density at radius 3 is 2.33 bits per heavy atom. The standard InChI is InChI=1S/C15H21NO2/c1-11(16-12-8-6-5-7-9-12)10-13(14(17)18)15(2,3)4/h5-9,13,16H,1,10H2,2-4H3,(H,17,18)/t13-/m1/s1. The second kappa shape index (κ2) is 5.71. The molecule has 1 aromatic rings. The monoisotopic (exact) mass is 247 g/mol. The molecule has 1 atom stereocenters. The summed E-state index contributed by atoms with van der Waals surface area (Å²) in [5.74, 6) is -1.22. The molecular formula is C15H21NO2. The minimum Gasteiger partial charge on any atom is -0.481 e. The largest absolute Gasteiger partial charge is 0.481 e. The number of rotatable bonds is 5. The molecule has 0 amide bonds. The number of anilines is 1. The number of aliphatic carboxylic acids is 1. The summed E-state index contributed by atoms with van der Waals surface area (Å²) < 4.78 is 0. The first-order valence-corrected chi connectivity index (χ1v) is 6.03. The smallest absolute Gasteiger partial charge is 0.307 e. The SMILES string of the molecule is C=C(C[C@H](C(=O)O)C(C)(C)C)Nc1ccccc1. The van der Waals surface area contributed by atoms with E-state index in [4.69, 9.17) is 0 Å². The van der Waals surface area contributed by atoms with Gasteiger partial charge in [-0.25, -0.2) is 0 Å². The van der Waals surface area contributed by atoms with Crippen LogP contribution in [0.15, 0.2) is 42.6 Å². The molecular weight excluding hydrogens is 226 g/mol. The Morgan fingerprint density at radius 1 is 1.33 bits per heavy atom. The second-order valence-electron chi connectivity index (χ2n) is 5.56. The normalized spacial score (nSPS) is 12.8. The number of nitrogens with one attached hydrogen (secondary N) is 1. The average molecular weight is 247 g/mol. The van der Waals surface area contributed by atoms with E-state index in [9.17, 15) is 9.90 Å². The highest BCUT2D eigenvalue weighted by Crippen LogP contribution is 2.31. The number of para-hydroxylation sites is 1. The molecule has 0 aliphatic heterocycles. The molecule has 0 saturated heterocycles. The molecule has 1 rings (SSSR count). The van der Waals surface area contributed by atoms with E-state index < -0.39 is 11.9 Å². The van der Waals surface area contributed by atoms with Gasteiger partial charge < -0.3 is 10.4 Å². The van der Waals surface area contributed by atoms with Gasteiger partial charge in [-0.15, -0.1) is 0 Å². The molecule has 0 heterocycles. The Labute approximate surface area is 109 Å². The van der Waals surface area contributed by atoms with Crippen LogP contribution in [0.2, 0.25) is 0 Å². The molecule has 98 valence electrons. The third kappa shape index (κ3) is 4.24. The summed E-state index contributed by atoms with van der Waals surface area (Å²) in [4.78, 5) is 11.3. The van der Waals surface area contributed by atoms with Gasteiger partial charge in [0, 0.05) is 17.8 Å². The van der Waals surface area contributed by atoms with E-state index in [1.165, 1.54) is 0 Å². The van der Waals surface area contributed by atoms with E-state index >= 15 is 0 Å². The molecule has 1 aromatic carbocycles. The number of hydrogen-bond donors (Lipinski definition) is 2. The fourth-order valence-electron chi connectivity index (χ4n) is 1.79. The van der Waals surface area contributed by atoms with Crippen molar-refractivity contribution in [2.24, 2.45) is 11.3 Å². The molecule has 0 saturated carbocycles.